The molecular formula is C70H79N8O14S2+. The molecule has 2 N–H and O–H groups in total. The summed E-state index contributed by atoms with van der Waals surface area (Å²) in [4.78, 5) is 98.4. The number of quaternary nitrogens is 1. The number of carbonyl (C=O) groups excluding carboxylic acids is 5. The summed E-state index contributed by atoms with van der Waals surface area (Å²) in [6.45, 7) is 17.5. The molecule has 0 aliphatic carbocycles. The third kappa shape index (κ3) is 16.0. The number of β-lactam (4-membered cyclic amide) rings is 1. The SMILES string of the molecule is CCn1nc(C[N+]2(CC3=C(C(=O)OC(c4ccccc4)c4ccccc4)N4C(=O)C(NC(=O)C(=NOC(C)(C)C(=O)OC(C)(C)C)c5csc(NC(=O)OC(C)(C)C)n5)C4SC3)CCCC2)c(=O)c2cc(OCc3ccc(OC)cc3)c(OCc3ccc(OC)cc3)cc21. The van der Waals surface area contributed by atoms with Gasteiger partial charge in [0, 0.05) is 42.2 Å². The average Bonchev–Trinajstić information content (AvgIpc) is 0.807. The van der Waals surface area contributed by atoms with Gasteiger partial charge in [0.2, 0.25) is 11.0 Å². The lowest BCUT2D eigenvalue weighted by atomic mass is 10.00. The van der Waals surface area contributed by atoms with Crippen molar-refractivity contribution >= 4 is 74.7 Å². The fourth-order valence-corrected chi connectivity index (χ4v) is 13.2. The van der Waals surface area contributed by atoms with Gasteiger partial charge in [0.05, 0.1) is 38.2 Å². The van der Waals surface area contributed by atoms with E-state index in [1.807, 2.05) is 116 Å². The summed E-state index contributed by atoms with van der Waals surface area (Å²) in [5.41, 5.74) is 0.473. The van der Waals surface area contributed by atoms with Crippen molar-refractivity contribution in [3.05, 3.63) is 182 Å². The van der Waals surface area contributed by atoms with Crippen molar-refractivity contribution in [1.29, 1.82) is 0 Å². The second-order valence-corrected chi connectivity index (χ2v) is 27.6. The Kier molecular flexibility index (Phi) is 20.5. The number of aromatic nitrogens is 3. The number of nitrogens with zero attached hydrogens (tertiary/aromatic N) is 6. The second-order valence-electron chi connectivity index (χ2n) is 25.6. The molecule has 22 nitrogen and oxygen atoms in total. The van der Waals surface area contributed by atoms with Crippen molar-refractivity contribution < 1.29 is 66.5 Å². The van der Waals surface area contributed by atoms with E-state index in [1.54, 1.807) is 72.6 Å². The lowest BCUT2D eigenvalue weighted by Gasteiger charge is -2.50. The quantitative estimate of drug-likeness (QED) is 0.0143. The van der Waals surface area contributed by atoms with Crippen LogP contribution in [0.15, 0.2) is 148 Å². The minimum Gasteiger partial charge on any atom is -0.497 e. The monoisotopic (exact) mass is 1320 g/mol. The van der Waals surface area contributed by atoms with Gasteiger partial charge in [-0.3, -0.25) is 29.3 Å². The van der Waals surface area contributed by atoms with Gasteiger partial charge in [-0.1, -0.05) is 90.1 Å². The van der Waals surface area contributed by atoms with E-state index in [4.69, 9.17) is 43.1 Å². The lowest BCUT2D eigenvalue weighted by molar-refractivity contribution is -0.925. The number of nitrogens with one attached hydrogen (secondary N) is 2. The predicted molar refractivity (Wildman–Crippen MR) is 357 cm³/mol. The molecule has 2 atom stereocenters. The number of thiazole rings is 1. The van der Waals surface area contributed by atoms with Crippen molar-refractivity contribution in [2.75, 3.05) is 44.9 Å². The summed E-state index contributed by atoms with van der Waals surface area (Å²) >= 11 is 2.33. The highest BCUT2D eigenvalue weighted by Crippen LogP contribution is 2.44. The first-order chi connectivity index (χ1) is 44.8. The largest absolute Gasteiger partial charge is 0.497 e. The number of hydrogen-bond donors (Lipinski definition) is 2. The first-order valence-electron chi connectivity index (χ1n) is 31.0. The van der Waals surface area contributed by atoms with Crippen molar-refractivity contribution in [2.45, 2.75) is 136 Å². The number of hydrogen-bond acceptors (Lipinski definition) is 19. The van der Waals surface area contributed by atoms with Gasteiger partial charge in [0.25, 0.3) is 11.8 Å². The van der Waals surface area contributed by atoms with Gasteiger partial charge in [-0.05, 0) is 115 Å². The Balaban J connectivity index is 0.992. The maximum Gasteiger partial charge on any atom is 0.413 e. The van der Waals surface area contributed by atoms with Gasteiger partial charge in [-0.25, -0.2) is 19.4 Å². The number of methoxy groups -OCH3 is 2. The van der Waals surface area contributed by atoms with Gasteiger partial charge in [0.1, 0.15) is 71.8 Å². The highest BCUT2D eigenvalue weighted by molar-refractivity contribution is 8.00. The number of anilines is 1. The Morgan fingerprint density at radius 1 is 0.745 bits per heavy atom. The highest BCUT2D eigenvalue weighted by atomic mass is 32.2. The number of likely N-dealkylation sites (tertiary alicyclic amines) is 1. The molecule has 3 aliphatic heterocycles. The Morgan fingerprint density at radius 3 is 1.87 bits per heavy atom. The third-order valence-electron chi connectivity index (χ3n) is 15.8. The maximum atomic E-state index is 15.5. The van der Waals surface area contributed by atoms with Crippen LogP contribution in [0.5, 0.6) is 23.0 Å². The number of esters is 2. The molecule has 10 rings (SSSR count). The molecule has 494 valence electrons. The Hall–Kier alpha value is -9.26. The van der Waals surface area contributed by atoms with Crippen LogP contribution in [-0.2, 0) is 64.5 Å². The van der Waals surface area contributed by atoms with Crippen LogP contribution >= 0.6 is 23.1 Å². The zero-order valence-electron chi connectivity index (χ0n) is 54.6. The summed E-state index contributed by atoms with van der Waals surface area (Å²) in [6, 6.07) is 36.0. The maximum absolute atomic E-state index is 15.5. The molecule has 0 bridgehead atoms. The van der Waals surface area contributed by atoms with Gasteiger partial charge in [-0.2, -0.15) is 5.10 Å². The zero-order valence-corrected chi connectivity index (χ0v) is 56.3. The van der Waals surface area contributed by atoms with E-state index in [9.17, 15) is 14.4 Å². The van der Waals surface area contributed by atoms with Crippen LogP contribution in [0.3, 0.4) is 0 Å². The summed E-state index contributed by atoms with van der Waals surface area (Å²) in [6.07, 6.45) is -0.0431. The fourth-order valence-electron chi connectivity index (χ4n) is 11.2. The van der Waals surface area contributed by atoms with E-state index < -0.39 is 69.9 Å². The third-order valence-corrected chi connectivity index (χ3v) is 17.9. The molecule has 2 fully saturated rings. The van der Waals surface area contributed by atoms with Crippen molar-refractivity contribution in [3.8, 4) is 23.0 Å². The number of thioether (sulfide) groups is 1. The lowest BCUT2D eigenvalue weighted by Crippen LogP contribution is -2.71. The normalized spacial score (nSPS) is 16.4. The number of oxime groups is 1. The number of amides is 3. The first-order valence-corrected chi connectivity index (χ1v) is 32.9. The van der Waals surface area contributed by atoms with Gasteiger partial charge in [0.15, 0.2) is 34.1 Å². The molecule has 0 spiro atoms. The minimum atomic E-state index is -1.72. The number of rotatable bonds is 24. The summed E-state index contributed by atoms with van der Waals surface area (Å²) in [7, 11) is 3.22. The molecule has 2 unspecified atom stereocenters. The van der Waals surface area contributed by atoms with Crippen LogP contribution in [0.2, 0.25) is 0 Å². The van der Waals surface area contributed by atoms with E-state index >= 15 is 14.4 Å². The summed E-state index contributed by atoms with van der Waals surface area (Å²) in [5.74, 6) is -0.623. The standard InChI is InChI=1S/C70H78N8O14S2/c1-12-76-53-36-55(88-40-44-27-31-49(86-11)32-28-44)54(87-39-43-25-29-48(85-10)30-26-43)35-50(53)59(79)51(74-76)38-78(33-19-20-34-78)37-47-41-93-63-57(62(81)77(63)58(47)64(82)89-60(45-21-15-13-16-22-45)46-23-17-14-18-24-46)72-61(80)56(75-92-70(8,9)65(83)90-68(2,3)4)52-42-94-66(71-52)73-67(84)91-69(5,6)7/h13-18,21-32,35-36,42,57,60,63H,12,19-20,33-34,37-41H2,1-11H3,(H-,71,72,73,80,84)/p+1. The van der Waals surface area contributed by atoms with Crippen molar-refractivity contribution in [1.82, 2.24) is 25.0 Å². The van der Waals surface area contributed by atoms with E-state index in [0.717, 1.165) is 35.3 Å². The molecule has 7 aromatic rings. The smallest absolute Gasteiger partial charge is 0.413 e. The second kappa shape index (κ2) is 28.5. The van der Waals surface area contributed by atoms with E-state index in [-0.39, 0.29) is 54.0 Å². The average molecular weight is 1320 g/mol. The van der Waals surface area contributed by atoms with Crippen LogP contribution in [0.4, 0.5) is 9.93 Å². The van der Waals surface area contributed by atoms with Crippen LogP contribution in [0.1, 0.15) is 115 Å². The minimum absolute atomic E-state index is 0.0347. The Morgan fingerprint density at radius 2 is 1.32 bits per heavy atom. The van der Waals surface area contributed by atoms with Gasteiger partial charge < -0.3 is 47.8 Å². The Labute approximate surface area is 554 Å². The molecule has 24 heteroatoms. The summed E-state index contributed by atoms with van der Waals surface area (Å²) < 4.78 is 43.5. The molecule has 94 heavy (non-hydrogen) atoms. The van der Waals surface area contributed by atoms with Crippen LogP contribution < -0.4 is 35.0 Å². The van der Waals surface area contributed by atoms with Gasteiger partial charge >= 0.3 is 18.0 Å². The highest BCUT2D eigenvalue weighted by Gasteiger charge is 2.56. The van der Waals surface area contributed by atoms with Crippen LogP contribution in [0, 0.1) is 0 Å². The molecule has 0 radical (unpaired) electrons. The van der Waals surface area contributed by atoms with E-state index in [0.29, 0.717) is 80.4 Å². The number of carbonyl (C=O) groups is 5. The molecule has 5 aromatic carbocycles. The van der Waals surface area contributed by atoms with Gasteiger partial charge in [-0.15, -0.1) is 23.1 Å². The number of fused-ring (bicyclic) bond motifs is 2. The predicted octanol–water partition coefficient (Wildman–Crippen LogP) is 11.0. The first kappa shape index (κ1) is 67.6. The molecule has 3 aliphatic rings. The number of ether oxygens (including phenoxy) is 7. The van der Waals surface area contributed by atoms with E-state index in [1.165, 1.54) is 35.9 Å². The molecule has 0 saturated carbocycles. The number of aryl methyl sites for hydroxylation is 1. The van der Waals surface area contributed by atoms with Crippen molar-refractivity contribution in [3.63, 3.8) is 0 Å². The fraction of sp³-hybridized carbons (Fsp3) is 0.386. The topological polar surface area (TPSA) is 247 Å². The van der Waals surface area contributed by atoms with E-state index in [2.05, 4.69) is 20.8 Å². The molecular weight excluding hydrogens is 1240 g/mol. The van der Waals surface area contributed by atoms with Crippen LogP contribution in [0.25, 0.3) is 10.9 Å². The molecule has 2 aromatic heterocycles. The van der Waals surface area contributed by atoms with Crippen LogP contribution in [-0.4, -0.2) is 128 Å². The molecule has 3 amide bonds. The summed E-state index contributed by atoms with van der Waals surface area (Å²) in [5, 5.41) is 15.7. The number of benzene rings is 5. The zero-order chi connectivity index (χ0) is 67.1. The molecule has 5 heterocycles. The Bertz CT molecular complexity index is 4000. The van der Waals surface area contributed by atoms with Crippen molar-refractivity contribution in [2.24, 2.45) is 5.16 Å². The molecule has 2 saturated heterocycles.